The van der Waals surface area contributed by atoms with Crippen molar-refractivity contribution < 1.29 is 4.79 Å². The molecule has 0 atom stereocenters. The van der Waals surface area contributed by atoms with E-state index >= 15 is 0 Å². The Morgan fingerprint density at radius 1 is 1.26 bits per heavy atom. The predicted octanol–water partition coefficient (Wildman–Crippen LogP) is 2.22. The second kappa shape index (κ2) is 5.76. The van der Waals surface area contributed by atoms with Crippen molar-refractivity contribution in [2.45, 2.75) is 26.2 Å². The Kier molecular flexibility index (Phi) is 3.92. The zero-order valence-electron chi connectivity index (χ0n) is 13.1. The number of hydrogen-bond donors (Lipinski definition) is 2. The van der Waals surface area contributed by atoms with Crippen LogP contribution in [0.1, 0.15) is 34.4 Å². The summed E-state index contributed by atoms with van der Waals surface area (Å²) in [5, 5.41) is 4.05. The van der Waals surface area contributed by atoms with Gasteiger partial charge in [-0.3, -0.25) is 0 Å². The first-order chi connectivity index (χ1) is 10.9. The predicted molar refractivity (Wildman–Crippen MR) is 91.2 cm³/mol. The summed E-state index contributed by atoms with van der Waals surface area (Å²) in [4.78, 5) is 24.4. The zero-order valence-corrected chi connectivity index (χ0v) is 14.8. The fourth-order valence-electron chi connectivity index (χ4n) is 2.16. The third-order valence-corrected chi connectivity index (χ3v) is 6.66. The molecule has 3 aromatic heterocycles. The van der Waals surface area contributed by atoms with Crippen LogP contribution in [0, 0.1) is 0 Å². The van der Waals surface area contributed by atoms with Crippen LogP contribution in [0.2, 0.25) is 0 Å². The van der Waals surface area contributed by atoms with Crippen molar-refractivity contribution >= 4 is 42.9 Å². The van der Waals surface area contributed by atoms with Crippen LogP contribution >= 0.6 is 0 Å². The number of nitrogens with two attached hydrogens (primary N) is 1. The summed E-state index contributed by atoms with van der Waals surface area (Å²) in [6.45, 7) is 6.39. The molecule has 23 heavy (non-hydrogen) atoms. The van der Waals surface area contributed by atoms with Gasteiger partial charge in [-0.05, 0) is 0 Å². The van der Waals surface area contributed by atoms with Gasteiger partial charge in [-0.25, -0.2) is 0 Å². The molecule has 3 heterocycles. The SMILES string of the molecule is CC(C)(C)c1cc(Nc2ncnc3ncccc23)c(C(N)=O)[se]1. The zero-order chi connectivity index (χ0) is 16.6. The molecule has 7 heteroatoms. The van der Waals surface area contributed by atoms with Gasteiger partial charge in [-0.2, -0.15) is 0 Å². The normalized spacial score (nSPS) is 11.6. The van der Waals surface area contributed by atoms with E-state index in [2.05, 4.69) is 41.0 Å². The topological polar surface area (TPSA) is 93.8 Å². The van der Waals surface area contributed by atoms with E-state index in [-0.39, 0.29) is 25.8 Å². The van der Waals surface area contributed by atoms with Crippen molar-refractivity contribution in [2.24, 2.45) is 5.73 Å². The van der Waals surface area contributed by atoms with Gasteiger partial charge in [0.2, 0.25) is 0 Å². The van der Waals surface area contributed by atoms with E-state index in [9.17, 15) is 4.79 Å². The number of aromatic nitrogens is 3. The number of carbonyl (C=O) groups is 1. The van der Waals surface area contributed by atoms with Crippen LogP contribution in [0.4, 0.5) is 11.5 Å². The van der Waals surface area contributed by atoms with Crippen LogP contribution < -0.4 is 11.1 Å². The molecule has 0 saturated carbocycles. The Bertz CT molecular complexity index is 876. The summed E-state index contributed by atoms with van der Waals surface area (Å²) in [7, 11) is 0. The molecule has 0 aromatic carbocycles. The molecule has 0 fully saturated rings. The number of anilines is 2. The molecule has 118 valence electrons. The summed E-state index contributed by atoms with van der Waals surface area (Å²) < 4.78 is 1.86. The monoisotopic (exact) mass is 375 g/mol. The van der Waals surface area contributed by atoms with E-state index in [1.165, 1.54) is 10.8 Å². The molecule has 0 bridgehead atoms. The van der Waals surface area contributed by atoms with Crippen LogP contribution in [-0.2, 0) is 5.41 Å². The van der Waals surface area contributed by atoms with Gasteiger partial charge in [0.1, 0.15) is 0 Å². The number of nitrogens with one attached hydrogen (secondary N) is 1. The molecular weight excluding hydrogens is 357 g/mol. The van der Waals surface area contributed by atoms with Gasteiger partial charge < -0.3 is 0 Å². The molecular formula is C16H17N5OSe. The van der Waals surface area contributed by atoms with Crippen LogP contribution in [-0.4, -0.2) is 35.4 Å². The Morgan fingerprint density at radius 2 is 2.04 bits per heavy atom. The van der Waals surface area contributed by atoms with Crippen molar-refractivity contribution in [3.63, 3.8) is 0 Å². The van der Waals surface area contributed by atoms with Crippen molar-refractivity contribution in [3.05, 3.63) is 39.6 Å². The van der Waals surface area contributed by atoms with E-state index in [0.717, 1.165) is 11.1 Å². The first-order valence-corrected chi connectivity index (χ1v) is 8.84. The fourth-order valence-corrected chi connectivity index (χ4v) is 4.31. The van der Waals surface area contributed by atoms with Crippen LogP contribution in [0.25, 0.3) is 11.0 Å². The molecule has 0 aliphatic carbocycles. The van der Waals surface area contributed by atoms with Crippen molar-refractivity contribution in [3.8, 4) is 0 Å². The molecule has 0 unspecified atom stereocenters. The Hall–Kier alpha value is -2.24. The van der Waals surface area contributed by atoms with E-state index < -0.39 is 0 Å². The summed E-state index contributed by atoms with van der Waals surface area (Å²) in [6.07, 6.45) is 3.14. The minimum absolute atomic E-state index is 0.000570. The maximum atomic E-state index is 11.8. The number of amides is 1. The number of rotatable bonds is 3. The molecule has 0 aliphatic rings. The number of primary amides is 1. The average Bonchev–Trinajstić information content (AvgIpc) is 2.92. The van der Waals surface area contributed by atoms with Gasteiger partial charge in [0.25, 0.3) is 0 Å². The third-order valence-electron chi connectivity index (χ3n) is 3.36. The Morgan fingerprint density at radius 3 is 2.74 bits per heavy atom. The third kappa shape index (κ3) is 3.11. The van der Waals surface area contributed by atoms with E-state index in [4.69, 9.17) is 5.73 Å². The van der Waals surface area contributed by atoms with E-state index in [0.29, 0.717) is 15.9 Å². The molecule has 3 aromatic rings. The quantitative estimate of drug-likeness (QED) is 0.686. The van der Waals surface area contributed by atoms with Crippen molar-refractivity contribution in [1.29, 1.82) is 0 Å². The van der Waals surface area contributed by atoms with Crippen LogP contribution in [0.15, 0.2) is 30.7 Å². The number of nitrogens with zero attached hydrogens (tertiary/aromatic N) is 3. The van der Waals surface area contributed by atoms with Gasteiger partial charge in [0.05, 0.1) is 0 Å². The van der Waals surface area contributed by atoms with Gasteiger partial charge in [0.15, 0.2) is 0 Å². The number of fused-ring (bicyclic) bond motifs is 1. The number of hydrogen-bond acceptors (Lipinski definition) is 5. The fraction of sp³-hybridized carbons (Fsp3) is 0.250. The standard InChI is InChI=1S/C16H17N5OSe/c1-16(2,3)11-7-10(12(23-11)13(17)22)21-15-9-5-4-6-18-14(9)19-8-20-15/h4-8H,1-3H3,(H2,17,22)(H,18,19,20,21). The number of pyridine rings is 1. The van der Waals surface area contributed by atoms with Crippen molar-refractivity contribution in [1.82, 2.24) is 15.0 Å². The van der Waals surface area contributed by atoms with Crippen LogP contribution in [0.5, 0.6) is 0 Å². The second-order valence-corrected chi connectivity index (χ2v) is 8.40. The first kappa shape index (κ1) is 15.6. The molecule has 3 rings (SSSR count). The first-order valence-electron chi connectivity index (χ1n) is 7.13. The summed E-state index contributed by atoms with van der Waals surface area (Å²) in [5.74, 6) is 0.235. The average molecular weight is 374 g/mol. The summed E-state index contributed by atoms with van der Waals surface area (Å²) in [5.41, 5.74) is 6.89. The van der Waals surface area contributed by atoms with Gasteiger partial charge in [-0.15, -0.1) is 0 Å². The molecule has 0 radical (unpaired) electrons. The van der Waals surface area contributed by atoms with Gasteiger partial charge >= 0.3 is 140 Å². The van der Waals surface area contributed by atoms with Gasteiger partial charge in [-0.1, -0.05) is 0 Å². The molecule has 0 spiro atoms. The molecule has 6 nitrogen and oxygen atoms in total. The molecule has 3 N–H and O–H groups in total. The van der Waals surface area contributed by atoms with E-state index in [1.54, 1.807) is 6.20 Å². The Labute approximate surface area is 139 Å². The van der Waals surface area contributed by atoms with Crippen molar-refractivity contribution in [2.75, 3.05) is 5.32 Å². The number of carbonyl (C=O) groups excluding carboxylic acids is 1. The maximum absolute atomic E-state index is 11.8. The minimum atomic E-state index is -0.389. The Balaban J connectivity index is 2.08. The molecule has 0 saturated heterocycles. The molecule has 1 amide bonds. The molecule has 0 aliphatic heterocycles. The van der Waals surface area contributed by atoms with Gasteiger partial charge in [0, 0.05) is 0 Å². The van der Waals surface area contributed by atoms with Crippen LogP contribution in [0.3, 0.4) is 0 Å². The second-order valence-electron chi connectivity index (χ2n) is 6.19. The van der Waals surface area contributed by atoms with E-state index in [1.807, 2.05) is 18.2 Å². The summed E-state index contributed by atoms with van der Waals surface area (Å²) >= 11 is -0.0759. The summed E-state index contributed by atoms with van der Waals surface area (Å²) in [6, 6.07) is 5.74.